The summed E-state index contributed by atoms with van der Waals surface area (Å²) in [6.45, 7) is 2.58. The number of halogens is 1. The van der Waals surface area contributed by atoms with Gasteiger partial charge in [0, 0.05) is 37.4 Å². The van der Waals surface area contributed by atoms with E-state index in [9.17, 15) is 14.0 Å². The maximum absolute atomic E-state index is 13.6. The van der Waals surface area contributed by atoms with Crippen LogP contribution < -0.4 is 16.0 Å². The van der Waals surface area contributed by atoms with Crippen molar-refractivity contribution in [2.24, 2.45) is 0 Å². The fourth-order valence-electron chi connectivity index (χ4n) is 2.85. The second-order valence-corrected chi connectivity index (χ2v) is 6.18. The Morgan fingerprint density at radius 3 is 2.70 bits per heavy atom. The fraction of sp³-hybridized carbons (Fsp3) is 0.200. The number of urea groups is 1. The van der Waals surface area contributed by atoms with Crippen LogP contribution in [0.1, 0.15) is 13.3 Å². The molecule has 0 fully saturated rings. The molecule has 0 aliphatic heterocycles. The first-order valence-electron chi connectivity index (χ1n) is 8.69. The third-order valence-corrected chi connectivity index (χ3v) is 4.08. The van der Waals surface area contributed by atoms with E-state index in [2.05, 4.69) is 38.7 Å². The summed E-state index contributed by atoms with van der Waals surface area (Å²) in [7, 11) is 0. The second-order valence-electron chi connectivity index (χ2n) is 6.18. The van der Waals surface area contributed by atoms with Crippen LogP contribution in [0.25, 0.3) is 10.9 Å². The van der Waals surface area contributed by atoms with Crippen LogP contribution in [-0.4, -0.2) is 23.1 Å². The highest BCUT2D eigenvalue weighted by atomic mass is 19.1. The van der Waals surface area contributed by atoms with Crippen LogP contribution in [0.15, 0.2) is 54.7 Å². The Hall–Kier alpha value is -3.35. The number of nitrogens with zero attached hydrogens (tertiary/aromatic N) is 1. The maximum atomic E-state index is 13.6. The highest BCUT2D eigenvalue weighted by Gasteiger charge is 2.07. The van der Waals surface area contributed by atoms with E-state index >= 15 is 0 Å². The third-order valence-electron chi connectivity index (χ3n) is 4.08. The van der Waals surface area contributed by atoms with E-state index in [1.807, 2.05) is 18.3 Å². The number of para-hydroxylation sites is 1. The van der Waals surface area contributed by atoms with Crippen molar-refractivity contribution in [1.29, 1.82) is 0 Å². The SMILES string of the molecule is CC(=O)Nc1cc(NC(=O)NCCCn2ccc3ccccc32)ccc1F. The van der Waals surface area contributed by atoms with Gasteiger partial charge in [-0.15, -0.1) is 0 Å². The molecule has 0 saturated heterocycles. The van der Waals surface area contributed by atoms with Crippen molar-refractivity contribution in [1.82, 2.24) is 9.88 Å². The molecule has 0 spiro atoms. The van der Waals surface area contributed by atoms with Gasteiger partial charge in [0.15, 0.2) is 0 Å². The van der Waals surface area contributed by atoms with E-state index in [0.29, 0.717) is 12.2 Å². The molecule has 0 saturated carbocycles. The minimum Gasteiger partial charge on any atom is -0.347 e. The molecule has 0 aliphatic rings. The van der Waals surface area contributed by atoms with Gasteiger partial charge in [-0.3, -0.25) is 4.79 Å². The van der Waals surface area contributed by atoms with Crippen LogP contribution in [-0.2, 0) is 11.3 Å². The minimum atomic E-state index is -0.560. The van der Waals surface area contributed by atoms with E-state index in [0.717, 1.165) is 13.0 Å². The topological polar surface area (TPSA) is 75.2 Å². The number of rotatable bonds is 6. The molecule has 0 atom stereocenters. The molecule has 2 aromatic carbocycles. The summed E-state index contributed by atoms with van der Waals surface area (Å²) in [6.07, 6.45) is 2.81. The summed E-state index contributed by atoms with van der Waals surface area (Å²) >= 11 is 0. The number of anilines is 2. The van der Waals surface area contributed by atoms with E-state index in [-0.39, 0.29) is 17.6 Å². The number of fused-ring (bicyclic) bond motifs is 1. The number of carbonyl (C=O) groups excluding carboxylic acids is 2. The molecule has 0 unspecified atom stereocenters. The molecule has 0 aliphatic carbocycles. The Morgan fingerprint density at radius 2 is 1.89 bits per heavy atom. The van der Waals surface area contributed by atoms with Gasteiger partial charge in [0.05, 0.1) is 5.69 Å². The molecule has 0 bridgehead atoms. The Balaban J connectivity index is 1.48. The number of hydrogen-bond donors (Lipinski definition) is 3. The number of benzene rings is 2. The summed E-state index contributed by atoms with van der Waals surface area (Å²) in [5, 5.41) is 8.97. The van der Waals surface area contributed by atoms with Gasteiger partial charge in [-0.25, -0.2) is 9.18 Å². The molecule has 27 heavy (non-hydrogen) atoms. The number of amides is 3. The molecule has 0 radical (unpaired) electrons. The van der Waals surface area contributed by atoms with Crippen LogP contribution in [0.2, 0.25) is 0 Å². The number of aromatic nitrogens is 1. The zero-order valence-electron chi connectivity index (χ0n) is 15.0. The van der Waals surface area contributed by atoms with Gasteiger partial charge in [0.2, 0.25) is 5.91 Å². The first kappa shape index (κ1) is 18.4. The van der Waals surface area contributed by atoms with Gasteiger partial charge in [-0.1, -0.05) is 18.2 Å². The molecule has 3 amide bonds. The van der Waals surface area contributed by atoms with Crippen molar-refractivity contribution in [3.8, 4) is 0 Å². The summed E-state index contributed by atoms with van der Waals surface area (Å²) in [5.41, 5.74) is 1.59. The lowest BCUT2D eigenvalue weighted by Gasteiger charge is -2.10. The quantitative estimate of drug-likeness (QED) is 0.576. The summed E-state index contributed by atoms with van der Waals surface area (Å²) in [4.78, 5) is 23.1. The van der Waals surface area contributed by atoms with Crippen LogP contribution in [0.4, 0.5) is 20.6 Å². The Morgan fingerprint density at radius 1 is 1.07 bits per heavy atom. The molecular weight excluding hydrogens is 347 g/mol. The first-order valence-corrected chi connectivity index (χ1v) is 8.69. The van der Waals surface area contributed by atoms with Gasteiger partial charge < -0.3 is 20.5 Å². The highest BCUT2D eigenvalue weighted by Crippen LogP contribution is 2.19. The number of carbonyl (C=O) groups is 2. The molecule has 3 rings (SSSR count). The predicted octanol–water partition coefficient (Wildman–Crippen LogP) is 3.95. The summed E-state index contributed by atoms with van der Waals surface area (Å²) in [5.74, 6) is -0.942. The van der Waals surface area contributed by atoms with Crippen LogP contribution in [0, 0.1) is 5.82 Å². The second kappa shape index (κ2) is 8.35. The maximum Gasteiger partial charge on any atom is 0.319 e. The van der Waals surface area contributed by atoms with Crippen LogP contribution >= 0.6 is 0 Å². The smallest absolute Gasteiger partial charge is 0.319 e. The van der Waals surface area contributed by atoms with Gasteiger partial charge in [-0.2, -0.15) is 0 Å². The monoisotopic (exact) mass is 368 g/mol. The van der Waals surface area contributed by atoms with E-state index in [1.165, 1.54) is 36.0 Å². The van der Waals surface area contributed by atoms with Crippen molar-refractivity contribution >= 4 is 34.2 Å². The lowest BCUT2D eigenvalue weighted by Crippen LogP contribution is -2.30. The van der Waals surface area contributed by atoms with Crippen molar-refractivity contribution < 1.29 is 14.0 Å². The van der Waals surface area contributed by atoms with Gasteiger partial charge in [0.1, 0.15) is 5.82 Å². The molecule has 7 heteroatoms. The lowest BCUT2D eigenvalue weighted by molar-refractivity contribution is -0.114. The van der Waals surface area contributed by atoms with Crippen LogP contribution in [0.3, 0.4) is 0 Å². The van der Waals surface area contributed by atoms with Gasteiger partial charge in [-0.05, 0) is 42.1 Å². The lowest BCUT2D eigenvalue weighted by atomic mass is 10.2. The van der Waals surface area contributed by atoms with E-state index in [4.69, 9.17) is 0 Å². The normalized spacial score (nSPS) is 10.6. The van der Waals surface area contributed by atoms with Gasteiger partial charge in [0.25, 0.3) is 0 Å². The molecule has 1 heterocycles. The number of hydrogen-bond acceptors (Lipinski definition) is 2. The molecule has 6 nitrogen and oxygen atoms in total. The molecular formula is C20H21FN4O2. The third kappa shape index (κ3) is 4.84. The Labute approximate surface area is 156 Å². The van der Waals surface area contributed by atoms with Gasteiger partial charge >= 0.3 is 6.03 Å². The summed E-state index contributed by atoms with van der Waals surface area (Å²) in [6, 6.07) is 13.8. The highest BCUT2D eigenvalue weighted by molar-refractivity contribution is 5.92. The Kier molecular flexibility index (Phi) is 5.71. The number of aryl methyl sites for hydroxylation is 1. The van der Waals surface area contributed by atoms with Crippen LogP contribution in [0.5, 0.6) is 0 Å². The zero-order valence-corrected chi connectivity index (χ0v) is 15.0. The van der Waals surface area contributed by atoms with Crippen molar-refractivity contribution in [2.45, 2.75) is 19.9 Å². The molecule has 1 aromatic heterocycles. The van der Waals surface area contributed by atoms with Crippen molar-refractivity contribution in [3.63, 3.8) is 0 Å². The minimum absolute atomic E-state index is 0.0276. The molecule has 3 aromatic rings. The average Bonchev–Trinajstić information content (AvgIpc) is 3.04. The standard InChI is InChI=1S/C20H21FN4O2/c1-14(26)23-18-13-16(7-8-17(18)21)24-20(27)22-10-4-11-25-12-9-15-5-2-3-6-19(15)25/h2-3,5-9,12-13H,4,10-11H2,1H3,(H,23,26)(H2,22,24,27). The summed E-state index contributed by atoms with van der Waals surface area (Å²) < 4.78 is 15.8. The van der Waals surface area contributed by atoms with E-state index in [1.54, 1.807) is 0 Å². The molecule has 140 valence electrons. The first-order chi connectivity index (χ1) is 13.0. The largest absolute Gasteiger partial charge is 0.347 e. The number of nitrogens with one attached hydrogen (secondary N) is 3. The van der Waals surface area contributed by atoms with Crippen molar-refractivity contribution in [2.75, 3.05) is 17.2 Å². The fourth-order valence-corrected chi connectivity index (χ4v) is 2.85. The predicted molar refractivity (Wildman–Crippen MR) is 104 cm³/mol. The van der Waals surface area contributed by atoms with Crippen molar-refractivity contribution in [3.05, 3.63) is 60.5 Å². The van der Waals surface area contributed by atoms with E-state index < -0.39 is 5.82 Å². The molecule has 3 N–H and O–H groups in total. The Bertz CT molecular complexity index is 968. The zero-order chi connectivity index (χ0) is 19.2. The average molecular weight is 368 g/mol.